The molecule has 2 rings (SSSR count). The number of hydrogen-bond donors (Lipinski definition) is 1. The van der Waals surface area contributed by atoms with E-state index in [0.29, 0.717) is 17.7 Å². The van der Waals surface area contributed by atoms with Crippen LogP contribution in [0.3, 0.4) is 0 Å². The second-order valence-corrected chi connectivity index (χ2v) is 7.14. The fourth-order valence-electron chi connectivity index (χ4n) is 2.16. The highest BCUT2D eigenvalue weighted by molar-refractivity contribution is 9.10. The topological polar surface area (TPSA) is 43.1 Å². The molecule has 2 N–H and O–H groups in total. The zero-order valence-electron chi connectivity index (χ0n) is 12.6. The van der Waals surface area contributed by atoms with Crippen molar-refractivity contribution >= 4 is 27.4 Å². The molecule has 110 valence electrons. The third kappa shape index (κ3) is 3.94. The van der Waals surface area contributed by atoms with E-state index < -0.39 is 0 Å². The Morgan fingerprint density at radius 3 is 2.29 bits per heavy atom. The number of nitrogen functional groups attached to an aromatic ring is 1. The van der Waals surface area contributed by atoms with Gasteiger partial charge in [0.1, 0.15) is 0 Å². The lowest BCUT2D eigenvalue weighted by atomic mass is 9.86. The van der Waals surface area contributed by atoms with Crippen LogP contribution in [-0.2, 0) is 11.8 Å². The minimum absolute atomic E-state index is 0.0673. The van der Waals surface area contributed by atoms with Gasteiger partial charge in [-0.2, -0.15) is 0 Å². The highest BCUT2D eigenvalue weighted by Crippen LogP contribution is 2.24. The molecule has 0 saturated carbocycles. The smallest absolute Gasteiger partial charge is 0.168 e. The van der Waals surface area contributed by atoms with Gasteiger partial charge in [-0.3, -0.25) is 4.79 Å². The van der Waals surface area contributed by atoms with Gasteiger partial charge < -0.3 is 5.73 Å². The van der Waals surface area contributed by atoms with Crippen molar-refractivity contribution in [3.05, 3.63) is 63.6 Å². The Kier molecular flexibility index (Phi) is 4.52. The molecule has 0 aromatic heterocycles. The SMILES string of the molecule is CC(C)(C)c1ccc(CC(=O)c2cc(N)ccc2Br)cc1. The van der Waals surface area contributed by atoms with E-state index in [1.54, 1.807) is 12.1 Å². The molecule has 2 nitrogen and oxygen atoms in total. The summed E-state index contributed by atoms with van der Waals surface area (Å²) in [6.45, 7) is 6.53. The van der Waals surface area contributed by atoms with Crippen molar-refractivity contribution < 1.29 is 4.79 Å². The van der Waals surface area contributed by atoms with Gasteiger partial charge in [0, 0.05) is 22.1 Å². The van der Waals surface area contributed by atoms with E-state index in [1.165, 1.54) is 5.56 Å². The fraction of sp³-hybridized carbons (Fsp3) is 0.278. The molecule has 2 aromatic rings. The van der Waals surface area contributed by atoms with Crippen LogP contribution in [0.5, 0.6) is 0 Å². The minimum Gasteiger partial charge on any atom is -0.399 e. The summed E-state index contributed by atoms with van der Waals surface area (Å²) in [4.78, 5) is 12.4. The van der Waals surface area contributed by atoms with Crippen LogP contribution in [0.25, 0.3) is 0 Å². The van der Waals surface area contributed by atoms with Crippen LogP contribution in [0, 0.1) is 0 Å². The Morgan fingerprint density at radius 2 is 1.71 bits per heavy atom. The number of carbonyl (C=O) groups excluding carboxylic acids is 1. The average Bonchev–Trinajstić information content (AvgIpc) is 2.41. The van der Waals surface area contributed by atoms with Gasteiger partial charge >= 0.3 is 0 Å². The molecule has 0 spiro atoms. The van der Waals surface area contributed by atoms with Crippen molar-refractivity contribution in [3.63, 3.8) is 0 Å². The first-order valence-corrected chi connectivity index (χ1v) is 7.74. The van der Waals surface area contributed by atoms with Crippen LogP contribution in [-0.4, -0.2) is 5.78 Å². The van der Waals surface area contributed by atoms with E-state index in [1.807, 2.05) is 18.2 Å². The van der Waals surface area contributed by atoms with E-state index in [2.05, 4.69) is 48.8 Å². The molecule has 0 heterocycles. The molecule has 0 saturated heterocycles. The Hall–Kier alpha value is -1.61. The third-order valence-electron chi connectivity index (χ3n) is 3.48. The maximum absolute atomic E-state index is 12.4. The first-order chi connectivity index (χ1) is 9.77. The lowest BCUT2D eigenvalue weighted by Gasteiger charge is -2.19. The second-order valence-electron chi connectivity index (χ2n) is 6.29. The largest absolute Gasteiger partial charge is 0.399 e. The molecular weight excluding hydrogens is 326 g/mol. The molecule has 0 radical (unpaired) electrons. The lowest BCUT2D eigenvalue weighted by Crippen LogP contribution is -2.11. The molecule has 2 aromatic carbocycles. The third-order valence-corrected chi connectivity index (χ3v) is 4.17. The Labute approximate surface area is 134 Å². The van der Waals surface area contributed by atoms with E-state index in [0.717, 1.165) is 10.0 Å². The first kappa shape index (κ1) is 15.8. The van der Waals surface area contributed by atoms with Gasteiger partial charge in [0.25, 0.3) is 0 Å². The number of anilines is 1. The van der Waals surface area contributed by atoms with Gasteiger partial charge in [0.2, 0.25) is 0 Å². The quantitative estimate of drug-likeness (QED) is 0.644. The Balaban J connectivity index is 2.18. The summed E-state index contributed by atoms with van der Waals surface area (Å²) in [5, 5.41) is 0. The highest BCUT2D eigenvalue weighted by Gasteiger charge is 2.15. The molecule has 21 heavy (non-hydrogen) atoms. The molecule has 0 fully saturated rings. The van der Waals surface area contributed by atoms with E-state index in [4.69, 9.17) is 5.73 Å². The summed E-state index contributed by atoms with van der Waals surface area (Å²) in [5.41, 5.74) is 9.40. The number of nitrogens with two attached hydrogens (primary N) is 1. The number of halogens is 1. The molecule has 0 aliphatic heterocycles. The highest BCUT2D eigenvalue weighted by atomic mass is 79.9. The number of benzene rings is 2. The maximum atomic E-state index is 12.4. The van der Waals surface area contributed by atoms with Crippen molar-refractivity contribution in [2.75, 3.05) is 5.73 Å². The minimum atomic E-state index is 0.0673. The molecule has 0 atom stereocenters. The molecule has 3 heteroatoms. The normalized spacial score (nSPS) is 11.4. The zero-order chi connectivity index (χ0) is 15.6. The van der Waals surface area contributed by atoms with E-state index in [9.17, 15) is 4.79 Å². The van der Waals surface area contributed by atoms with Gasteiger partial charge in [-0.05, 0) is 34.7 Å². The van der Waals surface area contributed by atoms with Gasteiger partial charge in [0.05, 0.1) is 0 Å². The van der Waals surface area contributed by atoms with Crippen molar-refractivity contribution in [2.24, 2.45) is 0 Å². The molecule has 0 unspecified atom stereocenters. The van der Waals surface area contributed by atoms with Crippen molar-refractivity contribution in [1.29, 1.82) is 0 Å². The van der Waals surface area contributed by atoms with Crippen molar-refractivity contribution in [1.82, 2.24) is 0 Å². The summed E-state index contributed by atoms with van der Waals surface area (Å²) < 4.78 is 0.785. The van der Waals surface area contributed by atoms with Crippen LogP contribution < -0.4 is 5.73 Å². The van der Waals surface area contributed by atoms with E-state index in [-0.39, 0.29) is 11.2 Å². The van der Waals surface area contributed by atoms with Crippen LogP contribution in [0.2, 0.25) is 0 Å². The molecule has 0 aliphatic rings. The van der Waals surface area contributed by atoms with Crippen LogP contribution in [0.1, 0.15) is 42.3 Å². The standard InChI is InChI=1S/C18H20BrNO/c1-18(2,3)13-6-4-12(5-7-13)10-17(21)15-11-14(20)8-9-16(15)19/h4-9,11H,10,20H2,1-3H3. The van der Waals surface area contributed by atoms with Gasteiger partial charge in [-0.1, -0.05) is 61.0 Å². The first-order valence-electron chi connectivity index (χ1n) is 6.95. The summed E-state index contributed by atoms with van der Waals surface area (Å²) in [7, 11) is 0. The summed E-state index contributed by atoms with van der Waals surface area (Å²) in [6.07, 6.45) is 0.381. The molecule has 0 amide bonds. The molecule has 0 bridgehead atoms. The van der Waals surface area contributed by atoms with Gasteiger partial charge in [-0.15, -0.1) is 0 Å². The number of Topliss-reactive ketones (excluding diaryl/α,β-unsaturated/α-hetero) is 1. The van der Waals surface area contributed by atoms with Gasteiger partial charge in [-0.25, -0.2) is 0 Å². The van der Waals surface area contributed by atoms with Crippen LogP contribution in [0.4, 0.5) is 5.69 Å². The zero-order valence-corrected chi connectivity index (χ0v) is 14.2. The number of rotatable bonds is 3. The predicted molar refractivity (Wildman–Crippen MR) is 91.7 cm³/mol. The van der Waals surface area contributed by atoms with Crippen LogP contribution >= 0.6 is 15.9 Å². The fourth-order valence-corrected chi connectivity index (χ4v) is 2.63. The summed E-state index contributed by atoms with van der Waals surface area (Å²) in [5.74, 6) is 0.0673. The predicted octanol–water partition coefficient (Wildman–Crippen LogP) is 4.75. The Bertz CT molecular complexity index is 654. The van der Waals surface area contributed by atoms with Crippen molar-refractivity contribution in [3.8, 4) is 0 Å². The van der Waals surface area contributed by atoms with E-state index >= 15 is 0 Å². The maximum Gasteiger partial charge on any atom is 0.168 e. The van der Waals surface area contributed by atoms with Crippen LogP contribution in [0.15, 0.2) is 46.9 Å². The average molecular weight is 346 g/mol. The van der Waals surface area contributed by atoms with Crippen molar-refractivity contribution in [2.45, 2.75) is 32.6 Å². The summed E-state index contributed by atoms with van der Waals surface area (Å²) in [6, 6.07) is 13.5. The monoisotopic (exact) mass is 345 g/mol. The van der Waals surface area contributed by atoms with Gasteiger partial charge in [0.15, 0.2) is 5.78 Å². The lowest BCUT2D eigenvalue weighted by molar-refractivity contribution is 0.0992. The molecule has 0 aliphatic carbocycles. The number of ketones is 1. The Morgan fingerprint density at radius 1 is 1.10 bits per heavy atom. The molecular formula is C18H20BrNO. The number of hydrogen-bond acceptors (Lipinski definition) is 2. The summed E-state index contributed by atoms with van der Waals surface area (Å²) >= 11 is 3.41. The second kappa shape index (κ2) is 6.02. The number of carbonyl (C=O) groups is 1.